The molecule has 1 rings (SSSR count). The van der Waals surface area contributed by atoms with Crippen LogP contribution in [0.3, 0.4) is 0 Å². The van der Waals surface area contributed by atoms with Gasteiger partial charge in [-0.3, -0.25) is 0 Å². The average Bonchev–Trinajstić information content (AvgIpc) is 2.12. The minimum Gasteiger partial charge on any atom is -0.477 e. The quantitative estimate of drug-likeness (QED) is 0.590. The van der Waals surface area contributed by atoms with E-state index in [2.05, 4.69) is 0 Å². The van der Waals surface area contributed by atoms with Gasteiger partial charge in [0.1, 0.15) is 4.88 Å². The number of carboxylic acid groups (broad SMARTS) is 1. The summed E-state index contributed by atoms with van der Waals surface area (Å²) in [7, 11) is 0. The molecule has 0 spiro atoms. The van der Waals surface area contributed by atoms with Crippen molar-refractivity contribution in [2.24, 2.45) is 0 Å². The molecule has 0 aliphatic heterocycles. The van der Waals surface area contributed by atoms with Crippen molar-refractivity contribution in [2.75, 3.05) is 0 Å². The summed E-state index contributed by atoms with van der Waals surface area (Å²) in [5.74, 6) is -0.847. The first-order valence-electron chi connectivity index (χ1n) is 2.07. The lowest BCUT2D eigenvalue weighted by Gasteiger charge is -1.78. The standard InChI is InChI=1S/C5H4O2S.B/c6-5(7)4-2-1-3-8-4;/h1-3H,(H,6,7);. The Labute approximate surface area is 58.7 Å². The van der Waals surface area contributed by atoms with Gasteiger partial charge in [-0.05, 0) is 11.4 Å². The number of carbonyl (C=O) groups is 1. The van der Waals surface area contributed by atoms with Gasteiger partial charge in [-0.2, -0.15) is 0 Å². The van der Waals surface area contributed by atoms with Gasteiger partial charge in [0.25, 0.3) is 0 Å². The zero-order valence-corrected chi connectivity index (χ0v) is 5.39. The van der Waals surface area contributed by atoms with Crippen LogP contribution in [-0.2, 0) is 0 Å². The van der Waals surface area contributed by atoms with Crippen molar-refractivity contribution in [3.05, 3.63) is 22.4 Å². The molecule has 1 aromatic rings. The van der Waals surface area contributed by atoms with Crippen LogP contribution in [0.4, 0.5) is 0 Å². The van der Waals surface area contributed by atoms with Crippen LogP contribution >= 0.6 is 11.3 Å². The van der Waals surface area contributed by atoms with Gasteiger partial charge in [-0.15, -0.1) is 11.3 Å². The fraction of sp³-hybridized carbons (Fsp3) is 0. The number of hydrogen-bond acceptors (Lipinski definition) is 2. The van der Waals surface area contributed by atoms with Crippen molar-refractivity contribution >= 4 is 25.7 Å². The van der Waals surface area contributed by atoms with Crippen LogP contribution in [0.25, 0.3) is 0 Å². The van der Waals surface area contributed by atoms with Crippen molar-refractivity contribution in [3.8, 4) is 0 Å². The Bertz CT molecular complexity index is 183. The largest absolute Gasteiger partial charge is 0.477 e. The van der Waals surface area contributed by atoms with Gasteiger partial charge in [0.2, 0.25) is 0 Å². The first kappa shape index (κ1) is 8.23. The van der Waals surface area contributed by atoms with Crippen LogP contribution in [0, 0.1) is 0 Å². The van der Waals surface area contributed by atoms with Crippen LogP contribution in [0.15, 0.2) is 17.5 Å². The summed E-state index contributed by atoms with van der Waals surface area (Å²) in [6, 6.07) is 3.29. The van der Waals surface area contributed by atoms with Crippen LogP contribution in [0.5, 0.6) is 0 Å². The van der Waals surface area contributed by atoms with Crippen LogP contribution in [0.1, 0.15) is 9.67 Å². The normalized spacial score (nSPS) is 8.00. The zero-order valence-electron chi connectivity index (χ0n) is 4.57. The lowest BCUT2D eigenvalue weighted by molar-refractivity contribution is 0.0702. The highest BCUT2D eigenvalue weighted by Crippen LogP contribution is 2.06. The summed E-state index contributed by atoms with van der Waals surface area (Å²) in [4.78, 5) is 10.5. The maximum atomic E-state index is 10.1. The first-order chi connectivity index (χ1) is 3.80. The molecule has 0 saturated heterocycles. The molecule has 1 heterocycles. The Hall–Kier alpha value is -0.765. The molecule has 0 atom stereocenters. The Kier molecular flexibility index (Phi) is 3.02. The molecule has 0 aliphatic carbocycles. The fourth-order valence-corrected chi connectivity index (χ4v) is 0.962. The lowest BCUT2D eigenvalue weighted by atomic mass is 10.5. The van der Waals surface area contributed by atoms with Crippen molar-refractivity contribution in [1.29, 1.82) is 0 Å². The van der Waals surface area contributed by atoms with Gasteiger partial charge < -0.3 is 5.11 Å². The molecule has 0 saturated carbocycles. The van der Waals surface area contributed by atoms with Crippen molar-refractivity contribution in [2.45, 2.75) is 0 Å². The van der Waals surface area contributed by atoms with Crippen LogP contribution in [0.2, 0.25) is 0 Å². The third-order valence-electron chi connectivity index (χ3n) is 0.732. The molecule has 0 aromatic carbocycles. The lowest BCUT2D eigenvalue weighted by Crippen LogP contribution is -1.89. The third kappa shape index (κ3) is 1.89. The molecule has 1 N–H and O–H groups in total. The number of thiophene rings is 1. The number of hydrogen-bond donors (Lipinski definition) is 1. The molecule has 0 unspecified atom stereocenters. The van der Waals surface area contributed by atoms with Gasteiger partial charge in [-0.1, -0.05) is 6.07 Å². The second kappa shape index (κ2) is 3.30. The topological polar surface area (TPSA) is 37.3 Å². The Morgan fingerprint density at radius 1 is 1.67 bits per heavy atom. The highest BCUT2D eigenvalue weighted by atomic mass is 32.1. The predicted molar refractivity (Wildman–Crippen MR) is 37.0 cm³/mol. The summed E-state index contributed by atoms with van der Waals surface area (Å²) < 4.78 is 0. The fourth-order valence-electron chi connectivity index (χ4n) is 0.400. The molecule has 9 heavy (non-hydrogen) atoms. The van der Waals surface area contributed by atoms with Crippen molar-refractivity contribution < 1.29 is 9.90 Å². The molecule has 2 nitrogen and oxygen atoms in total. The Balaban J connectivity index is 0.000000640. The Morgan fingerprint density at radius 2 is 2.33 bits per heavy atom. The summed E-state index contributed by atoms with van der Waals surface area (Å²) in [6.07, 6.45) is 0. The van der Waals surface area contributed by atoms with E-state index in [1.807, 2.05) is 0 Å². The molecule has 0 amide bonds. The van der Waals surface area contributed by atoms with Crippen molar-refractivity contribution in [3.63, 3.8) is 0 Å². The van der Waals surface area contributed by atoms with Crippen LogP contribution < -0.4 is 0 Å². The molecule has 0 bridgehead atoms. The van der Waals surface area contributed by atoms with Crippen molar-refractivity contribution in [1.82, 2.24) is 0 Å². The van der Waals surface area contributed by atoms with E-state index in [9.17, 15) is 4.79 Å². The maximum Gasteiger partial charge on any atom is 0.345 e. The molecule has 1 aromatic heterocycles. The smallest absolute Gasteiger partial charge is 0.345 e. The SMILES string of the molecule is O=C(O)c1cccs1.[B]. The van der Waals surface area contributed by atoms with E-state index in [-0.39, 0.29) is 8.41 Å². The van der Waals surface area contributed by atoms with Gasteiger partial charge in [0.15, 0.2) is 0 Å². The van der Waals surface area contributed by atoms with E-state index < -0.39 is 5.97 Å². The maximum absolute atomic E-state index is 10.1. The van der Waals surface area contributed by atoms with Gasteiger partial charge in [0, 0.05) is 8.41 Å². The van der Waals surface area contributed by atoms with E-state index in [1.165, 1.54) is 11.3 Å². The molecule has 3 radical (unpaired) electrons. The molecule has 45 valence electrons. The van der Waals surface area contributed by atoms with E-state index in [0.717, 1.165) is 0 Å². The molecular formula is C5H4BO2S. The van der Waals surface area contributed by atoms with Gasteiger partial charge >= 0.3 is 5.97 Å². The van der Waals surface area contributed by atoms with Gasteiger partial charge in [-0.25, -0.2) is 4.79 Å². The highest BCUT2D eigenvalue weighted by Gasteiger charge is 1.99. The summed E-state index contributed by atoms with van der Waals surface area (Å²) in [6.45, 7) is 0. The first-order valence-corrected chi connectivity index (χ1v) is 2.95. The summed E-state index contributed by atoms with van der Waals surface area (Å²) >= 11 is 1.23. The number of rotatable bonds is 1. The summed E-state index contributed by atoms with van der Waals surface area (Å²) in [5.41, 5.74) is 0. The second-order valence-electron chi connectivity index (χ2n) is 1.28. The third-order valence-corrected chi connectivity index (χ3v) is 1.59. The second-order valence-corrected chi connectivity index (χ2v) is 2.23. The summed E-state index contributed by atoms with van der Waals surface area (Å²) in [5, 5.41) is 10.0. The highest BCUT2D eigenvalue weighted by molar-refractivity contribution is 7.11. The van der Waals surface area contributed by atoms with E-state index in [4.69, 9.17) is 5.11 Å². The molecular weight excluding hydrogens is 135 g/mol. The van der Waals surface area contributed by atoms with Crippen LogP contribution in [-0.4, -0.2) is 19.5 Å². The predicted octanol–water partition coefficient (Wildman–Crippen LogP) is 1.07. The molecule has 4 heteroatoms. The van der Waals surface area contributed by atoms with E-state index >= 15 is 0 Å². The number of aromatic carboxylic acids is 1. The average molecular weight is 139 g/mol. The minimum absolute atomic E-state index is 0. The van der Waals surface area contributed by atoms with E-state index in [1.54, 1.807) is 17.5 Å². The number of carboxylic acids is 1. The van der Waals surface area contributed by atoms with Gasteiger partial charge in [0.05, 0.1) is 0 Å². The zero-order chi connectivity index (χ0) is 5.98. The molecule has 0 aliphatic rings. The minimum atomic E-state index is -0.847. The van der Waals surface area contributed by atoms with E-state index in [0.29, 0.717) is 4.88 Å². The monoisotopic (exact) mass is 139 g/mol. The molecule has 0 fully saturated rings. The Morgan fingerprint density at radius 3 is 2.56 bits per heavy atom.